The van der Waals surface area contributed by atoms with E-state index in [1.54, 1.807) is 35.7 Å². The molecule has 0 spiro atoms. The highest BCUT2D eigenvalue weighted by Crippen LogP contribution is 2.17. The van der Waals surface area contributed by atoms with E-state index >= 15 is 0 Å². The van der Waals surface area contributed by atoms with E-state index in [1.807, 2.05) is 31.2 Å². The predicted molar refractivity (Wildman–Crippen MR) is 133 cm³/mol. The van der Waals surface area contributed by atoms with Gasteiger partial charge in [0, 0.05) is 17.3 Å². The summed E-state index contributed by atoms with van der Waals surface area (Å²) >= 11 is 7.10. The summed E-state index contributed by atoms with van der Waals surface area (Å²) in [7, 11) is 0. The zero-order valence-corrected chi connectivity index (χ0v) is 19.8. The Balaban J connectivity index is 1.56. The molecule has 4 aromatic rings. The van der Waals surface area contributed by atoms with Crippen molar-refractivity contribution in [1.82, 2.24) is 14.5 Å². The van der Waals surface area contributed by atoms with Crippen molar-refractivity contribution < 1.29 is 9.59 Å². The van der Waals surface area contributed by atoms with E-state index in [9.17, 15) is 19.2 Å². The fourth-order valence-electron chi connectivity index (χ4n) is 3.44. The van der Waals surface area contributed by atoms with Crippen LogP contribution in [0, 0.1) is 6.92 Å². The SMILES string of the molecule is Cc1ccc(CNC(=O)Cn2c(=O)c3sccc3n(CC(=O)Nc3cccc(Cl)c3)c2=O)cc1. The number of benzene rings is 2. The van der Waals surface area contributed by atoms with Gasteiger partial charge < -0.3 is 10.6 Å². The molecule has 0 unspecified atom stereocenters. The number of halogens is 1. The summed E-state index contributed by atoms with van der Waals surface area (Å²) in [5, 5.41) is 7.54. The van der Waals surface area contributed by atoms with E-state index in [0.717, 1.165) is 27.0 Å². The number of carbonyl (C=O) groups excluding carboxylic acids is 2. The topological polar surface area (TPSA) is 102 Å². The van der Waals surface area contributed by atoms with Crippen molar-refractivity contribution in [3.05, 3.63) is 97.0 Å². The number of aryl methyl sites for hydroxylation is 1. The lowest BCUT2D eigenvalue weighted by molar-refractivity contribution is -0.122. The molecule has 0 atom stereocenters. The summed E-state index contributed by atoms with van der Waals surface area (Å²) in [4.78, 5) is 51.2. The molecule has 2 amide bonds. The third kappa shape index (κ3) is 5.27. The number of thiophene rings is 1. The maximum Gasteiger partial charge on any atom is 0.332 e. The van der Waals surface area contributed by atoms with Crippen LogP contribution >= 0.6 is 22.9 Å². The lowest BCUT2D eigenvalue weighted by Crippen LogP contribution is -2.44. The molecule has 10 heteroatoms. The molecule has 2 aromatic carbocycles. The Labute approximate surface area is 203 Å². The first-order chi connectivity index (χ1) is 16.3. The van der Waals surface area contributed by atoms with Gasteiger partial charge in [-0.3, -0.25) is 19.0 Å². The summed E-state index contributed by atoms with van der Waals surface area (Å²) in [5.74, 6) is -0.948. The van der Waals surface area contributed by atoms with Gasteiger partial charge in [0.25, 0.3) is 5.56 Å². The highest BCUT2D eigenvalue weighted by atomic mass is 35.5. The molecular formula is C24H21ClN4O4S. The standard InChI is InChI=1S/C24H21ClN4O4S/c1-15-5-7-16(8-6-15)12-26-20(30)13-29-23(32)22-19(9-10-34-22)28(24(29)33)14-21(31)27-18-4-2-3-17(25)11-18/h2-11H,12-14H2,1H3,(H,26,30)(H,27,31). The third-order valence-electron chi connectivity index (χ3n) is 5.16. The number of hydrogen-bond acceptors (Lipinski definition) is 5. The Hall–Kier alpha value is -3.69. The molecule has 0 fully saturated rings. The average Bonchev–Trinajstić information content (AvgIpc) is 3.29. The number of nitrogens with one attached hydrogen (secondary N) is 2. The Morgan fingerprint density at radius 3 is 2.44 bits per heavy atom. The van der Waals surface area contributed by atoms with Crippen LogP contribution in [0.1, 0.15) is 11.1 Å². The van der Waals surface area contributed by atoms with Gasteiger partial charge >= 0.3 is 5.69 Å². The van der Waals surface area contributed by atoms with Crippen LogP contribution in [0.4, 0.5) is 5.69 Å². The minimum atomic E-state index is -0.734. The lowest BCUT2D eigenvalue weighted by atomic mass is 10.1. The number of anilines is 1. The van der Waals surface area contributed by atoms with Crippen molar-refractivity contribution >= 4 is 50.7 Å². The normalized spacial score (nSPS) is 10.9. The second kappa shape index (κ2) is 10.1. The fraction of sp³-hybridized carbons (Fsp3) is 0.167. The summed E-state index contributed by atoms with van der Waals surface area (Å²) in [6, 6.07) is 15.9. The summed E-state index contributed by atoms with van der Waals surface area (Å²) < 4.78 is 2.34. The molecular weight excluding hydrogens is 476 g/mol. The maximum atomic E-state index is 13.1. The van der Waals surface area contributed by atoms with Crippen molar-refractivity contribution in [3.8, 4) is 0 Å². The van der Waals surface area contributed by atoms with Crippen molar-refractivity contribution in [2.24, 2.45) is 0 Å². The first kappa shape index (κ1) is 23.5. The molecule has 4 rings (SSSR count). The lowest BCUT2D eigenvalue weighted by Gasteiger charge is -2.13. The zero-order valence-electron chi connectivity index (χ0n) is 18.2. The van der Waals surface area contributed by atoms with Crippen molar-refractivity contribution in [2.45, 2.75) is 26.6 Å². The van der Waals surface area contributed by atoms with Crippen LogP contribution in [0.2, 0.25) is 5.02 Å². The Morgan fingerprint density at radius 2 is 1.71 bits per heavy atom. The molecule has 2 N–H and O–H groups in total. The minimum Gasteiger partial charge on any atom is -0.350 e. The number of carbonyl (C=O) groups is 2. The van der Waals surface area contributed by atoms with E-state index in [2.05, 4.69) is 10.6 Å². The van der Waals surface area contributed by atoms with Crippen LogP contribution in [0.5, 0.6) is 0 Å². The first-order valence-electron chi connectivity index (χ1n) is 10.4. The number of hydrogen-bond donors (Lipinski definition) is 2. The molecule has 0 saturated heterocycles. The van der Waals surface area contributed by atoms with Gasteiger partial charge in [-0.1, -0.05) is 47.5 Å². The smallest absolute Gasteiger partial charge is 0.332 e. The minimum absolute atomic E-state index is 0.269. The zero-order chi connectivity index (χ0) is 24.2. The molecule has 0 radical (unpaired) electrons. The second-order valence-corrected chi connectivity index (χ2v) is 9.07. The molecule has 2 aromatic heterocycles. The van der Waals surface area contributed by atoms with Gasteiger partial charge in [-0.2, -0.15) is 0 Å². The highest BCUT2D eigenvalue weighted by molar-refractivity contribution is 7.17. The van der Waals surface area contributed by atoms with Gasteiger partial charge in [0.1, 0.15) is 17.8 Å². The monoisotopic (exact) mass is 496 g/mol. The quantitative estimate of drug-likeness (QED) is 0.410. The molecule has 34 heavy (non-hydrogen) atoms. The maximum absolute atomic E-state index is 13.1. The number of nitrogens with zero attached hydrogens (tertiary/aromatic N) is 2. The molecule has 8 nitrogen and oxygen atoms in total. The molecule has 174 valence electrons. The highest BCUT2D eigenvalue weighted by Gasteiger charge is 2.18. The molecule has 0 saturated carbocycles. The average molecular weight is 497 g/mol. The Bertz CT molecular complexity index is 1490. The number of rotatable bonds is 7. The van der Waals surface area contributed by atoms with Gasteiger partial charge in [0.2, 0.25) is 11.8 Å². The first-order valence-corrected chi connectivity index (χ1v) is 11.7. The van der Waals surface area contributed by atoms with E-state index in [0.29, 0.717) is 20.9 Å². The number of amides is 2. The van der Waals surface area contributed by atoms with Crippen LogP contribution in [0.15, 0.2) is 69.6 Å². The number of aromatic nitrogens is 2. The third-order valence-corrected chi connectivity index (χ3v) is 6.29. The van der Waals surface area contributed by atoms with Crippen molar-refractivity contribution in [2.75, 3.05) is 5.32 Å². The molecule has 2 heterocycles. The van der Waals surface area contributed by atoms with E-state index in [-0.39, 0.29) is 13.1 Å². The van der Waals surface area contributed by atoms with Gasteiger partial charge in [0.05, 0.1) is 5.52 Å². The summed E-state index contributed by atoms with van der Waals surface area (Å²) in [5.41, 5.74) is 1.53. The van der Waals surface area contributed by atoms with Crippen molar-refractivity contribution in [1.29, 1.82) is 0 Å². The largest absolute Gasteiger partial charge is 0.350 e. The van der Waals surface area contributed by atoms with Gasteiger partial charge in [0.15, 0.2) is 0 Å². The van der Waals surface area contributed by atoms with Gasteiger partial charge in [-0.15, -0.1) is 11.3 Å². The van der Waals surface area contributed by atoms with Gasteiger partial charge in [-0.25, -0.2) is 9.36 Å². The van der Waals surface area contributed by atoms with Crippen LogP contribution < -0.4 is 21.9 Å². The van der Waals surface area contributed by atoms with Crippen LogP contribution in [-0.2, 0) is 29.2 Å². The second-order valence-electron chi connectivity index (χ2n) is 7.72. The number of fused-ring (bicyclic) bond motifs is 1. The van der Waals surface area contributed by atoms with Gasteiger partial charge in [-0.05, 0) is 42.1 Å². The van der Waals surface area contributed by atoms with Crippen LogP contribution in [-0.4, -0.2) is 20.9 Å². The molecule has 0 aliphatic rings. The van der Waals surface area contributed by atoms with Crippen molar-refractivity contribution in [3.63, 3.8) is 0 Å². The Morgan fingerprint density at radius 1 is 0.971 bits per heavy atom. The van der Waals surface area contributed by atoms with E-state index in [1.165, 1.54) is 4.57 Å². The van der Waals surface area contributed by atoms with E-state index in [4.69, 9.17) is 11.6 Å². The summed E-state index contributed by atoms with van der Waals surface area (Å²) in [6.07, 6.45) is 0. The Kier molecular flexibility index (Phi) is 6.95. The molecule has 0 bridgehead atoms. The van der Waals surface area contributed by atoms with Crippen LogP contribution in [0.3, 0.4) is 0 Å². The predicted octanol–water partition coefficient (Wildman–Crippen LogP) is 3.14. The van der Waals surface area contributed by atoms with E-state index < -0.39 is 29.6 Å². The molecule has 0 aliphatic carbocycles. The fourth-order valence-corrected chi connectivity index (χ4v) is 4.48. The summed E-state index contributed by atoms with van der Waals surface area (Å²) in [6.45, 7) is 1.46. The van der Waals surface area contributed by atoms with Crippen LogP contribution in [0.25, 0.3) is 10.2 Å². The molecule has 0 aliphatic heterocycles.